The van der Waals surface area contributed by atoms with E-state index >= 15 is 0 Å². The average molecular weight is 502 g/mol. The Hall–Kier alpha value is -2.87. The molecule has 2 amide bonds. The third kappa shape index (κ3) is 8.09. The second kappa shape index (κ2) is 12.7. The topological polar surface area (TPSA) is 86.8 Å². The minimum absolute atomic E-state index is 0.212. The zero-order chi connectivity index (χ0) is 26.2. The van der Waals surface area contributed by atoms with Crippen LogP contribution in [0.25, 0.3) is 0 Å². The van der Waals surface area contributed by atoms with Gasteiger partial charge in [-0.05, 0) is 56.4 Å². The molecule has 0 heterocycles. The van der Waals surface area contributed by atoms with Crippen LogP contribution in [-0.4, -0.2) is 50.5 Å². The van der Waals surface area contributed by atoms with Crippen LogP contribution in [-0.2, 0) is 26.2 Å². The van der Waals surface area contributed by atoms with Crippen LogP contribution in [0.15, 0.2) is 42.5 Å². The third-order valence-corrected chi connectivity index (χ3v) is 7.13. The molecule has 0 unspecified atom stereocenters. The molecule has 0 aliphatic heterocycles. The summed E-state index contributed by atoms with van der Waals surface area (Å²) < 4.78 is 26.7. The molecule has 0 bridgehead atoms. The van der Waals surface area contributed by atoms with Crippen molar-refractivity contribution >= 4 is 27.5 Å². The zero-order valence-corrected chi connectivity index (χ0v) is 22.6. The Balaban J connectivity index is 2.43. The molecule has 0 fully saturated rings. The Morgan fingerprint density at radius 1 is 0.971 bits per heavy atom. The summed E-state index contributed by atoms with van der Waals surface area (Å²) in [7, 11) is -3.75. The maximum atomic E-state index is 13.7. The van der Waals surface area contributed by atoms with E-state index in [0.717, 1.165) is 45.7 Å². The van der Waals surface area contributed by atoms with Gasteiger partial charge >= 0.3 is 0 Å². The van der Waals surface area contributed by atoms with Crippen LogP contribution in [0, 0.1) is 20.8 Å². The van der Waals surface area contributed by atoms with Gasteiger partial charge in [0.15, 0.2) is 0 Å². The summed E-state index contributed by atoms with van der Waals surface area (Å²) in [4.78, 5) is 28.3. The maximum Gasteiger partial charge on any atom is 0.244 e. The number of amides is 2. The van der Waals surface area contributed by atoms with Crippen molar-refractivity contribution in [1.82, 2.24) is 10.2 Å². The van der Waals surface area contributed by atoms with Gasteiger partial charge in [0.2, 0.25) is 21.8 Å². The molecule has 2 aromatic carbocycles. The van der Waals surface area contributed by atoms with Crippen molar-refractivity contribution in [1.29, 1.82) is 0 Å². The van der Waals surface area contributed by atoms with E-state index in [9.17, 15) is 18.0 Å². The van der Waals surface area contributed by atoms with Crippen LogP contribution >= 0.6 is 0 Å². The van der Waals surface area contributed by atoms with E-state index in [-0.39, 0.29) is 19.0 Å². The lowest BCUT2D eigenvalue weighted by Crippen LogP contribution is -2.52. The van der Waals surface area contributed by atoms with Gasteiger partial charge in [-0.3, -0.25) is 13.9 Å². The predicted octanol–water partition coefficient (Wildman–Crippen LogP) is 4.10. The molecule has 0 aromatic heterocycles. The SMILES string of the molecule is CCCCNC(=O)[C@@H](CC)N(Cc1ccc(C)cc1)C(=O)CN(c1cc(C)ccc1C)S(C)(=O)=O. The molecule has 8 heteroatoms. The third-order valence-electron chi connectivity index (χ3n) is 6.00. The summed E-state index contributed by atoms with van der Waals surface area (Å²) in [6.07, 6.45) is 3.31. The number of hydrogen-bond acceptors (Lipinski definition) is 4. The van der Waals surface area contributed by atoms with Gasteiger partial charge in [-0.15, -0.1) is 0 Å². The first kappa shape index (κ1) is 28.4. The highest BCUT2D eigenvalue weighted by atomic mass is 32.2. The molecule has 0 aliphatic carbocycles. The minimum Gasteiger partial charge on any atom is -0.354 e. The van der Waals surface area contributed by atoms with Gasteiger partial charge in [-0.25, -0.2) is 8.42 Å². The lowest BCUT2D eigenvalue weighted by Gasteiger charge is -2.33. The fraction of sp³-hybridized carbons (Fsp3) is 0.481. The Kier molecular flexibility index (Phi) is 10.3. The first-order valence-electron chi connectivity index (χ1n) is 12.2. The molecule has 0 aliphatic rings. The quantitative estimate of drug-likeness (QED) is 0.444. The Morgan fingerprint density at radius 2 is 1.60 bits per heavy atom. The van der Waals surface area contributed by atoms with Gasteiger partial charge in [-0.1, -0.05) is 62.2 Å². The van der Waals surface area contributed by atoms with Crippen molar-refractivity contribution in [2.75, 3.05) is 23.7 Å². The summed E-state index contributed by atoms with van der Waals surface area (Å²) in [5.74, 6) is -0.645. The molecule has 192 valence electrons. The van der Waals surface area contributed by atoms with Crippen molar-refractivity contribution < 1.29 is 18.0 Å². The van der Waals surface area contributed by atoms with Crippen LogP contribution in [0.4, 0.5) is 5.69 Å². The average Bonchev–Trinajstić information content (AvgIpc) is 2.79. The number of anilines is 1. The smallest absolute Gasteiger partial charge is 0.244 e. The van der Waals surface area contributed by atoms with Crippen LogP contribution in [0.5, 0.6) is 0 Å². The van der Waals surface area contributed by atoms with Crippen LogP contribution in [0.2, 0.25) is 0 Å². The molecule has 0 radical (unpaired) electrons. The van der Waals surface area contributed by atoms with Gasteiger partial charge in [0.05, 0.1) is 11.9 Å². The molecule has 7 nitrogen and oxygen atoms in total. The molecule has 2 aromatic rings. The number of aryl methyl sites for hydroxylation is 3. The molecule has 1 N–H and O–H groups in total. The Labute approximate surface area is 210 Å². The number of unbranched alkanes of at least 4 members (excludes halogenated alkanes) is 1. The van der Waals surface area contributed by atoms with Gasteiger partial charge < -0.3 is 10.2 Å². The molecule has 35 heavy (non-hydrogen) atoms. The predicted molar refractivity (Wildman–Crippen MR) is 142 cm³/mol. The number of nitrogens with zero attached hydrogens (tertiary/aromatic N) is 2. The standard InChI is InChI=1S/C27H39N3O4S/c1-7-9-16-28-27(32)24(8-2)29(18-23-14-11-20(3)12-15-23)26(31)19-30(35(6,33)34)25-17-21(4)10-13-22(25)5/h10-15,17,24H,7-9,16,18-19H2,1-6H3,(H,28,32)/t24-/m1/s1. The Bertz CT molecular complexity index is 1110. The molecule has 0 saturated heterocycles. The van der Waals surface area contributed by atoms with E-state index in [2.05, 4.69) is 5.32 Å². The summed E-state index contributed by atoms with van der Waals surface area (Å²) in [6.45, 7) is 9.95. The number of nitrogens with one attached hydrogen (secondary N) is 1. The summed E-state index contributed by atoms with van der Waals surface area (Å²) >= 11 is 0. The van der Waals surface area contributed by atoms with Crippen molar-refractivity contribution in [2.45, 2.75) is 66.5 Å². The normalized spacial score (nSPS) is 12.2. The van der Waals surface area contributed by atoms with Crippen LogP contribution in [0.1, 0.15) is 55.4 Å². The maximum absolute atomic E-state index is 13.7. The molecule has 0 saturated carbocycles. The first-order chi connectivity index (χ1) is 16.5. The highest BCUT2D eigenvalue weighted by Gasteiger charge is 2.32. The molecule has 0 spiro atoms. The van der Waals surface area contributed by atoms with Crippen molar-refractivity contribution in [3.8, 4) is 0 Å². The fourth-order valence-corrected chi connectivity index (χ4v) is 4.80. The summed E-state index contributed by atoms with van der Waals surface area (Å²) in [5.41, 5.74) is 4.08. The van der Waals surface area contributed by atoms with E-state index in [0.29, 0.717) is 18.7 Å². The molecular weight excluding hydrogens is 462 g/mol. The number of hydrogen-bond donors (Lipinski definition) is 1. The number of benzene rings is 2. The highest BCUT2D eigenvalue weighted by molar-refractivity contribution is 7.92. The van der Waals surface area contributed by atoms with E-state index in [1.165, 1.54) is 4.90 Å². The van der Waals surface area contributed by atoms with Gasteiger partial charge in [0, 0.05) is 13.1 Å². The lowest BCUT2D eigenvalue weighted by molar-refractivity contribution is -0.140. The van der Waals surface area contributed by atoms with Gasteiger partial charge in [0.25, 0.3) is 0 Å². The van der Waals surface area contributed by atoms with Crippen molar-refractivity contribution in [3.05, 3.63) is 64.7 Å². The second-order valence-electron chi connectivity index (χ2n) is 9.14. The largest absolute Gasteiger partial charge is 0.354 e. The first-order valence-corrected chi connectivity index (χ1v) is 14.0. The van der Waals surface area contributed by atoms with Gasteiger partial charge in [0.1, 0.15) is 12.6 Å². The monoisotopic (exact) mass is 501 g/mol. The lowest BCUT2D eigenvalue weighted by atomic mass is 10.1. The van der Waals surface area contributed by atoms with Crippen molar-refractivity contribution in [2.24, 2.45) is 0 Å². The summed E-state index contributed by atoms with van der Waals surface area (Å²) in [6, 6.07) is 12.6. The minimum atomic E-state index is -3.75. The number of sulfonamides is 1. The van der Waals surface area contributed by atoms with E-state index in [1.807, 2.05) is 71.0 Å². The number of rotatable bonds is 12. The van der Waals surface area contributed by atoms with Crippen molar-refractivity contribution in [3.63, 3.8) is 0 Å². The van der Waals surface area contributed by atoms with E-state index in [1.54, 1.807) is 6.07 Å². The van der Waals surface area contributed by atoms with Gasteiger partial charge in [-0.2, -0.15) is 0 Å². The second-order valence-corrected chi connectivity index (χ2v) is 11.0. The van der Waals surface area contributed by atoms with E-state index < -0.39 is 22.0 Å². The summed E-state index contributed by atoms with van der Waals surface area (Å²) in [5, 5.41) is 2.93. The van der Waals surface area contributed by atoms with Crippen LogP contribution in [0.3, 0.4) is 0 Å². The Morgan fingerprint density at radius 3 is 2.17 bits per heavy atom. The molecular formula is C27H39N3O4S. The zero-order valence-electron chi connectivity index (χ0n) is 21.8. The van der Waals surface area contributed by atoms with E-state index in [4.69, 9.17) is 0 Å². The van der Waals surface area contributed by atoms with Crippen LogP contribution < -0.4 is 9.62 Å². The molecule has 2 rings (SSSR count). The molecule has 1 atom stereocenters. The number of carbonyl (C=O) groups is 2. The number of carbonyl (C=O) groups excluding carboxylic acids is 2. The highest BCUT2D eigenvalue weighted by Crippen LogP contribution is 2.25. The fourth-order valence-electron chi connectivity index (χ4n) is 3.90.